The van der Waals surface area contributed by atoms with Crippen molar-refractivity contribution in [2.45, 2.75) is 25.7 Å². The lowest BCUT2D eigenvalue weighted by Gasteiger charge is -2.07. The van der Waals surface area contributed by atoms with Crippen LogP contribution in [0.3, 0.4) is 0 Å². The summed E-state index contributed by atoms with van der Waals surface area (Å²) >= 11 is 0. The summed E-state index contributed by atoms with van der Waals surface area (Å²) in [6.45, 7) is 2.07. The first-order valence-corrected chi connectivity index (χ1v) is 5.60. The summed E-state index contributed by atoms with van der Waals surface area (Å²) in [7, 11) is 1.66. The van der Waals surface area contributed by atoms with E-state index in [1.165, 1.54) is 18.4 Å². The molecule has 1 saturated carbocycles. The van der Waals surface area contributed by atoms with Crippen molar-refractivity contribution in [2.24, 2.45) is 0 Å². The zero-order valence-electron chi connectivity index (χ0n) is 9.53. The van der Waals surface area contributed by atoms with Crippen LogP contribution in [-0.4, -0.2) is 17.1 Å². The molecule has 0 bridgehead atoms. The highest BCUT2D eigenvalue weighted by atomic mass is 16.5. The predicted octanol–water partition coefficient (Wildman–Crippen LogP) is 2.82. The normalized spacial score (nSPS) is 15.4. The van der Waals surface area contributed by atoms with Crippen LogP contribution in [0, 0.1) is 6.92 Å². The van der Waals surface area contributed by atoms with Crippen LogP contribution >= 0.6 is 0 Å². The number of aromatic nitrogens is 2. The van der Waals surface area contributed by atoms with Crippen LogP contribution < -0.4 is 4.74 Å². The fourth-order valence-electron chi connectivity index (χ4n) is 1.91. The third-order valence-electron chi connectivity index (χ3n) is 2.97. The van der Waals surface area contributed by atoms with Crippen molar-refractivity contribution >= 4 is 10.9 Å². The first-order chi connectivity index (χ1) is 7.78. The second-order valence-electron chi connectivity index (χ2n) is 4.39. The molecular formula is C13H14N2O. The molecule has 1 fully saturated rings. The lowest BCUT2D eigenvalue weighted by molar-refractivity contribution is 0.400. The minimum absolute atomic E-state index is 0.554. The van der Waals surface area contributed by atoms with Crippen molar-refractivity contribution in [3.8, 4) is 5.88 Å². The van der Waals surface area contributed by atoms with E-state index in [0.717, 1.165) is 16.7 Å². The molecule has 82 valence electrons. The number of rotatable bonds is 2. The third kappa shape index (κ3) is 1.52. The number of hydrogen-bond donors (Lipinski definition) is 0. The van der Waals surface area contributed by atoms with Crippen molar-refractivity contribution in [1.29, 1.82) is 0 Å². The van der Waals surface area contributed by atoms with E-state index in [0.29, 0.717) is 11.8 Å². The summed E-state index contributed by atoms with van der Waals surface area (Å²) in [6, 6.07) is 6.18. The van der Waals surface area contributed by atoms with Gasteiger partial charge in [-0.1, -0.05) is 6.07 Å². The van der Waals surface area contributed by atoms with E-state index in [9.17, 15) is 0 Å². The van der Waals surface area contributed by atoms with Crippen LogP contribution in [0.2, 0.25) is 0 Å². The smallest absolute Gasteiger partial charge is 0.224 e. The van der Waals surface area contributed by atoms with Crippen LogP contribution in [0.5, 0.6) is 5.88 Å². The molecule has 1 heterocycles. The topological polar surface area (TPSA) is 35.0 Å². The molecule has 1 aliphatic carbocycles. The molecular weight excluding hydrogens is 200 g/mol. The predicted molar refractivity (Wildman–Crippen MR) is 62.8 cm³/mol. The van der Waals surface area contributed by atoms with Gasteiger partial charge < -0.3 is 4.74 Å². The van der Waals surface area contributed by atoms with Crippen LogP contribution in [0.25, 0.3) is 10.9 Å². The largest absolute Gasteiger partial charge is 0.480 e. The third-order valence-corrected chi connectivity index (χ3v) is 2.97. The lowest BCUT2D eigenvalue weighted by atomic mass is 10.1. The molecule has 1 aliphatic rings. The van der Waals surface area contributed by atoms with Crippen LogP contribution in [-0.2, 0) is 0 Å². The molecule has 0 N–H and O–H groups in total. The molecule has 0 saturated heterocycles. The molecule has 1 aromatic heterocycles. The number of ether oxygens (including phenoxy) is 1. The SMILES string of the molecule is COc1nc(C2CC2)nc2cc(C)ccc12. The van der Waals surface area contributed by atoms with Gasteiger partial charge in [-0.05, 0) is 37.5 Å². The summed E-state index contributed by atoms with van der Waals surface area (Å²) < 4.78 is 5.33. The summed E-state index contributed by atoms with van der Waals surface area (Å²) in [4.78, 5) is 9.09. The Balaban J connectivity index is 2.26. The number of methoxy groups -OCH3 is 1. The maximum Gasteiger partial charge on any atom is 0.224 e. The van der Waals surface area contributed by atoms with Gasteiger partial charge in [0.05, 0.1) is 18.0 Å². The Morgan fingerprint density at radius 2 is 2.06 bits per heavy atom. The van der Waals surface area contributed by atoms with E-state index in [1.807, 2.05) is 6.07 Å². The Morgan fingerprint density at radius 1 is 1.25 bits per heavy atom. The van der Waals surface area contributed by atoms with Crippen molar-refractivity contribution in [3.05, 3.63) is 29.6 Å². The summed E-state index contributed by atoms with van der Waals surface area (Å²) in [6.07, 6.45) is 2.42. The monoisotopic (exact) mass is 214 g/mol. The molecule has 0 aliphatic heterocycles. The molecule has 3 nitrogen and oxygen atoms in total. The lowest BCUT2D eigenvalue weighted by Crippen LogP contribution is -1.98. The van der Waals surface area contributed by atoms with Gasteiger partial charge in [0.15, 0.2) is 0 Å². The van der Waals surface area contributed by atoms with Gasteiger partial charge in [-0.15, -0.1) is 0 Å². The Hall–Kier alpha value is -1.64. The van der Waals surface area contributed by atoms with Gasteiger partial charge in [0, 0.05) is 5.92 Å². The van der Waals surface area contributed by atoms with Crippen molar-refractivity contribution in [3.63, 3.8) is 0 Å². The Bertz CT molecular complexity index is 547. The Morgan fingerprint density at radius 3 is 2.75 bits per heavy atom. The zero-order chi connectivity index (χ0) is 11.1. The molecule has 1 aromatic carbocycles. The standard InChI is InChI=1S/C13H14N2O/c1-8-3-6-10-11(7-8)14-12(9-4-5-9)15-13(10)16-2/h3,6-7,9H,4-5H2,1-2H3. The van der Waals surface area contributed by atoms with Gasteiger partial charge in [0.25, 0.3) is 0 Å². The first-order valence-electron chi connectivity index (χ1n) is 5.60. The molecule has 0 unspecified atom stereocenters. The number of benzene rings is 1. The van der Waals surface area contributed by atoms with Gasteiger partial charge in [-0.3, -0.25) is 0 Å². The summed E-state index contributed by atoms with van der Waals surface area (Å²) in [5, 5.41) is 0.998. The zero-order valence-corrected chi connectivity index (χ0v) is 9.53. The minimum atomic E-state index is 0.554. The second-order valence-corrected chi connectivity index (χ2v) is 4.39. The van der Waals surface area contributed by atoms with E-state index in [4.69, 9.17) is 4.74 Å². The highest BCUT2D eigenvalue weighted by Gasteiger charge is 2.27. The number of hydrogen-bond acceptors (Lipinski definition) is 3. The van der Waals surface area contributed by atoms with Crippen molar-refractivity contribution in [2.75, 3.05) is 7.11 Å². The van der Waals surface area contributed by atoms with E-state index >= 15 is 0 Å². The minimum Gasteiger partial charge on any atom is -0.480 e. The summed E-state index contributed by atoms with van der Waals surface area (Å²) in [5.74, 6) is 2.20. The van der Waals surface area contributed by atoms with Gasteiger partial charge in [-0.2, -0.15) is 4.98 Å². The van der Waals surface area contributed by atoms with Crippen LogP contribution in [0.1, 0.15) is 30.1 Å². The molecule has 0 spiro atoms. The molecule has 3 rings (SSSR count). The molecule has 0 radical (unpaired) electrons. The second kappa shape index (κ2) is 3.44. The molecule has 0 atom stereocenters. The first kappa shape index (κ1) is 9.58. The van der Waals surface area contributed by atoms with E-state index in [1.54, 1.807) is 7.11 Å². The Kier molecular flexibility index (Phi) is 2.06. The molecule has 16 heavy (non-hydrogen) atoms. The average molecular weight is 214 g/mol. The van der Waals surface area contributed by atoms with Gasteiger partial charge >= 0.3 is 0 Å². The maximum absolute atomic E-state index is 5.33. The van der Waals surface area contributed by atoms with E-state index in [2.05, 4.69) is 29.0 Å². The molecule has 3 heteroatoms. The average Bonchev–Trinajstić information content (AvgIpc) is 3.10. The van der Waals surface area contributed by atoms with E-state index < -0.39 is 0 Å². The van der Waals surface area contributed by atoms with Gasteiger partial charge in [0.2, 0.25) is 5.88 Å². The quantitative estimate of drug-likeness (QED) is 0.771. The maximum atomic E-state index is 5.33. The molecule has 2 aromatic rings. The van der Waals surface area contributed by atoms with E-state index in [-0.39, 0.29) is 0 Å². The van der Waals surface area contributed by atoms with Gasteiger partial charge in [-0.25, -0.2) is 4.98 Å². The van der Waals surface area contributed by atoms with Crippen molar-refractivity contribution < 1.29 is 4.74 Å². The number of nitrogens with zero attached hydrogens (tertiary/aromatic N) is 2. The fraction of sp³-hybridized carbons (Fsp3) is 0.385. The highest BCUT2D eigenvalue weighted by Crippen LogP contribution is 2.39. The number of fused-ring (bicyclic) bond motifs is 1. The Labute approximate surface area is 94.5 Å². The fourth-order valence-corrected chi connectivity index (χ4v) is 1.91. The van der Waals surface area contributed by atoms with Crippen LogP contribution in [0.15, 0.2) is 18.2 Å². The van der Waals surface area contributed by atoms with Gasteiger partial charge in [0.1, 0.15) is 5.82 Å². The van der Waals surface area contributed by atoms with Crippen LogP contribution in [0.4, 0.5) is 0 Å². The van der Waals surface area contributed by atoms with Crippen molar-refractivity contribution in [1.82, 2.24) is 9.97 Å². The highest BCUT2D eigenvalue weighted by molar-refractivity contribution is 5.84. The summed E-state index contributed by atoms with van der Waals surface area (Å²) in [5.41, 5.74) is 2.21. The molecule has 0 amide bonds. The number of aryl methyl sites for hydroxylation is 1.